The zero-order valence-electron chi connectivity index (χ0n) is 7.29. The van der Waals surface area contributed by atoms with Crippen molar-refractivity contribution in [2.24, 2.45) is 5.73 Å². The summed E-state index contributed by atoms with van der Waals surface area (Å²) in [5, 5.41) is 2.48. The molecule has 0 fully saturated rings. The van der Waals surface area contributed by atoms with Crippen molar-refractivity contribution in [3.63, 3.8) is 0 Å². The second-order valence-corrected chi connectivity index (χ2v) is 1.73. The molecule has 0 aromatic carbocycles. The SMILES string of the molecule is C/C=C\N.C/C=C\NC(C)=O. The number of nitrogens with two attached hydrogens (primary N) is 1. The number of hydrogen-bond donors (Lipinski definition) is 2. The molecule has 0 atom stereocenters. The van der Waals surface area contributed by atoms with Crippen molar-refractivity contribution in [1.29, 1.82) is 0 Å². The van der Waals surface area contributed by atoms with Crippen LogP contribution in [0.15, 0.2) is 24.6 Å². The Balaban J connectivity index is 0. The summed E-state index contributed by atoms with van der Waals surface area (Å²) < 4.78 is 0. The highest BCUT2D eigenvalue weighted by Gasteiger charge is 1.77. The summed E-state index contributed by atoms with van der Waals surface area (Å²) in [6.07, 6.45) is 6.64. The monoisotopic (exact) mass is 156 g/mol. The van der Waals surface area contributed by atoms with Crippen LogP contribution in [0.3, 0.4) is 0 Å². The summed E-state index contributed by atoms with van der Waals surface area (Å²) in [5.41, 5.74) is 4.85. The molecule has 0 saturated carbocycles. The van der Waals surface area contributed by atoms with E-state index in [9.17, 15) is 4.79 Å². The van der Waals surface area contributed by atoms with Gasteiger partial charge in [0, 0.05) is 6.92 Å². The van der Waals surface area contributed by atoms with E-state index in [1.807, 2.05) is 13.8 Å². The van der Waals surface area contributed by atoms with Gasteiger partial charge in [-0.05, 0) is 26.2 Å². The van der Waals surface area contributed by atoms with Crippen LogP contribution in [-0.4, -0.2) is 5.91 Å². The molecular weight excluding hydrogens is 140 g/mol. The minimum Gasteiger partial charge on any atom is -0.405 e. The van der Waals surface area contributed by atoms with E-state index in [0.29, 0.717) is 0 Å². The molecule has 3 heteroatoms. The Morgan fingerprint density at radius 2 is 1.82 bits per heavy atom. The van der Waals surface area contributed by atoms with Crippen LogP contribution in [0.4, 0.5) is 0 Å². The molecule has 0 aliphatic rings. The maximum absolute atomic E-state index is 10.0. The smallest absolute Gasteiger partial charge is 0.220 e. The number of amides is 1. The second-order valence-electron chi connectivity index (χ2n) is 1.73. The normalized spacial score (nSPS) is 9.36. The van der Waals surface area contributed by atoms with E-state index in [-0.39, 0.29) is 5.91 Å². The quantitative estimate of drug-likeness (QED) is 0.598. The van der Waals surface area contributed by atoms with Gasteiger partial charge >= 0.3 is 0 Å². The van der Waals surface area contributed by atoms with Crippen LogP contribution in [0.25, 0.3) is 0 Å². The lowest BCUT2D eigenvalue weighted by molar-refractivity contribution is -0.118. The van der Waals surface area contributed by atoms with E-state index >= 15 is 0 Å². The van der Waals surface area contributed by atoms with Crippen LogP contribution >= 0.6 is 0 Å². The molecule has 0 aliphatic carbocycles. The highest BCUT2D eigenvalue weighted by molar-refractivity contribution is 5.73. The number of rotatable bonds is 1. The molecular formula is C8H16N2O. The van der Waals surface area contributed by atoms with Gasteiger partial charge in [-0.25, -0.2) is 0 Å². The van der Waals surface area contributed by atoms with Crippen molar-refractivity contribution in [1.82, 2.24) is 5.32 Å². The van der Waals surface area contributed by atoms with Crippen LogP contribution in [-0.2, 0) is 4.79 Å². The number of hydrogen-bond acceptors (Lipinski definition) is 2. The number of carbonyl (C=O) groups is 1. The van der Waals surface area contributed by atoms with Crippen LogP contribution in [0, 0.1) is 0 Å². The molecule has 0 radical (unpaired) electrons. The molecule has 0 aliphatic heterocycles. The summed E-state index contributed by atoms with van der Waals surface area (Å²) in [6.45, 7) is 5.19. The van der Waals surface area contributed by atoms with Gasteiger partial charge in [0.05, 0.1) is 0 Å². The molecule has 0 unspecified atom stereocenters. The fraction of sp³-hybridized carbons (Fsp3) is 0.375. The first-order valence-electron chi connectivity index (χ1n) is 3.40. The van der Waals surface area contributed by atoms with Gasteiger partial charge in [0.15, 0.2) is 0 Å². The van der Waals surface area contributed by atoms with Crippen molar-refractivity contribution < 1.29 is 4.79 Å². The number of nitrogens with one attached hydrogen (secondary N) is 1. The van der Waals surface area contributed by atoms with Gasteiger partial charge in [-0.15, -0.1) is 0 Å². The summed E-state index contributed by atoms with van der Waals surface area (Å²) in [6, 6.07) is 0. The Kier molecular flexibility index (Phi) is 13.0. The number of allylic oxidation sites excluding steroid dienone is 2. The van der Waals surface area contributed by atoms with Crippen molar-refractivity contribution >= 4 is 5.91 Å². The van der Waals surface area contributed by atoms with E-state index in [1.54, 1.807) is 18.4 Å². The molecule has 0 aromatic heterocycles. The van der Waals surface area contributed by atoms with E-state index in [4.69, 9.17) is 5.73 Å². The van der Waals surface area contributed by atoms with Crippen molar-refractivity contribution in [3.8, 4) is 0 Å². The molecule has 3 nitrogen and oxygen atoms in total. The lowest BCUT2D eigenvalue weighted by Crippen LogP contribution is -2.10. The standard InChI is InChI=1S/C5H9NO.C3H7N/c1-3-4-6-5(2)7;1-2-3-4/h3-4H,1-2H3,(H,6,7);2-3H,4H2,1H3/b4-3-;3-2-. The third-order valence-corrected chi connectivity index (χ3v) is 0.646. The largest absolute Gasteiger partial charge is 0.405 e. The van der Waals surface area contributed by atoms with Gasteiger partial charge in [-0.1, -0.05) is 12.2 Å². The zero-order valence-corrected chi connectivity index (χ0v) is 7.29. The first kappa shape index (κ1) is 12.4. The average molecular weight is 156 g/mol. The minimum absolute atomic E-state index is 0.0295. The van der Waals surface area contributed by atoms with E-state index in [1.165, 1.54) is 13.1 Å². The third kappa shape index (κ3) is 28.4. The van der Waals surface area contributed by atoms with Crippen LogP contribution in [0.5, 0.6) is 0 Å². The minimum atomic E-state index is -0.0295. The van der Waals surface area contributed by atoms with Gasteiger partial charge in [-0.3, -0.25) is 4.79 Å². The Hall–Kier alpha value is -1.25. The van der Waals surface area contributed by atoms with Crippen LogP contribution in [0.1, 0.15) is 20.8 Å². The number of carbonyl (C=O) groups excluding carboxylic acids is 1. The van der Waals surface area contributed by atoms with Crippen molar-refractivity contribution in [2.45, 2.75) is 20.8 Å². The van der Waals surface area contributed by atoms with Crippen LogP contribution < -0.4 is 11.1 Å². The molecule has 0 saturated heterocycles. The lowest BCUT2D eigenvalue weighted by atomic mass is 10.6. The average Bonchev–Trinajstić information content (AvgIpc) is 2.01. The van der Waals surface area contributed by atoms with Gasteiger partial charge in [0.2, 0.25) is 5.91 Å². The van der Waals surface area contributed by atoms with E-state index in [2.05, 4.69) is 5.32 Å². The molecule has 0 bridgehead atoms. The third-order valence-electron chi connectivity index (χ3n) is 0.646. The Bertz CT molecular complexity index is 135. The predicted molar refractivity (Wildman–Crippen MR) is 47.6 cm³/mol. The summed E-state index contributed by atoms with van der Waals surface area (Å²) >= 11 is 0. The maximum Gasteiger partial charge on any atom is 0.220 e. The molecule has 0 spiro atoms. The molecule has 3 N–H and O–H groups in total. The topological polar surface area (TPSA) is 55.1 Å². The van der Waals surface area contributed by atoms with Gasteiger partial charge in [-0.2, -0.15) is 0 Å². The van der Waals surface area contributed by atoms with Crippen LogP contribution in [0.2, 0.25) is 0 Å². The lowest BCUT2D eigenvalue weighted by Gasteiger charge is -1.85. The van der Waals surface area contributed by atoms with E-state index in [0.717, 1.165) is 0 Å². The zero-order chi connectivity index (χ0) is 9.11. The van der Waals surface area contributed by atoms with Gasteiger partial charge in [0.1, 0.15) is 0 Å². The fourth-order valence-electron chi connectivity index (χ4n) is 0.201. The van der Waals surface area contributed by atoms with E-state index < -0.39 is 0 Å². The molecule has 0 heterocycles. The summed E-state index contributed by atoms with van der Waals surface area (Å²) in [5.74, 6) is -0.0295. The molecule has 1 amide bonds. The van der Waals surface area contributed by atoms with Crippen molar-refractivity contribution in [3.05, 3.63) is 24.6 Å². The first-order valence-corrected chi connectivity index (χ1v) is 3.40. The van der Waals surface area contributed by atoms with Crippen molar-refractivity contribution in [2.75, 3.05) is 0 Å². The summed E-state index contributed by atoms with van der Waals surface area (Å²) in [4.78, 5) is 10.0. The fourth-order valence-corrected chi connectivity index (χ4v) is 0.201. The maximum atomic E-state index is 10.0. The predicted octanol–water partition coefficient (Wildman–Crippen LogP) is 1.13. The second kappa shape index (κ2) is 11.5. The highest BCUT2D eigenvalue weighted by atomic mass is 16.1. The van der Waals surface area contributed by atoms with Gasteiger partial charge < -0.3 is 11.1 Å². The summed E-state index contributed by atoms with van der Waals surface area (Å²) in [7, 11) is 0. The Labute approximate surface area is 68.0 Å². The molecule has 11 heavy (non-hydrogen) atoms. The van der Waals surface area contributed by atoms with Gasteiger partial charge in [0.25, 0.3) is 0 Å². The molecule has 0 rings (SSSR count). The first-order chi connectivity index (χ1) is 5.18. The molecule has 0 aromatic rings. The Morgan fingerprint density at radius 3 is 1.91 bits per heavy atom. The Morgan fingerprint density at radius 1 is 1.36 bits per heavy atom. The highest BCUT2D eigenvalue weighted by Crippen LogP contribution is 1.61. The molecule has 64 valence electrons.